The molecule has 6 rings (SSSR count). The van der Waals surface area contributed by atoms with E-state index in [1.165, 1.54) is 12.8 Å². The van der Waals surface area contributed by atoms with Gasteiger partial charge in [0.1, 0.15) is 11.3 Å². The van der Waals surface area contributed by atoms with E-state index in [9.17, 15) is 0 Å². The monoisotopic (exact) mass is 448 g/mol. The second-order valence-corrected chi connectivity index (χ2v) is 9.54. The third-order valence-electron chi connectivity index (χ3n) is 6.74. The van der Waals surface area contributed by atoms with Crippen molar-refractivity contribution in [3.63, 3.8) is 0 Å². The fraction of sp³-hybridized carbons (Fsp3) is 0.250. The summed E-state index contributed by atoms with van der Waals surface area (Å²) in [4.78, 5) is 16.6. The van der Waals surface area contributed by atoms with Crippen LogP contribution in [0.3, 0.4) is 0 Å². The predicted octanol–water partition coefficient (Wildman–Crippen LogP) is 5.74. The quantitative estimate of drug-likeness (QED) is 0.359. The van der Waals surface area contributed by atoms with E-state index in [0.29, 0.717) is 5.92 Å². The molecule has 6 nitrogen and oxygen atoms in total. The molecule has 0 spiro atoms. The van der Waals surface area contributed by atoms with Crippen molar-refractivity contribution in [2.45, 2.75) is 18.8 Å². The molecular formula is C28H28N6. The van der Waals surface area contributed by atoms with Crippen molar-refractivity contribution in [3.8, 4) is 11.3 Å². The van der Waals surface area contributed by atoms with E-state index in [-0.39, 0.29) is 0 Å². The van der Waals surface area contributed by atoms with Gasteiger partial charge >= 0.3 is 0 Å². The summed E-state index contributed by atoms with van der Waals surface area (Å²) in [7, 11) is 4.29. The Morgan fingerprint density at radius 3 is 2.65 bits per heavy atom. The first-order valence-corrected chi connectivity index (χ1v) is 11.8. The standard InChI is InChI=1S/C28H28N6/c1-33(2)18-19-14-22(15-19)28-30-17-26-27(29-12-13-34(26)28)31-23-10-8-21-9-11-24(32-25(21)16-23)20-6-4-3-5-7-20/h3-13,16-17,19,22H,14-15,18H2,1-2H3,(H,29,31). The van der Waals surface area contributed by atoms with Gasteiger partial charge in [0.05, 0.1) is 17.4 Å². The topological polar surface area (TPSA) is 58.4 Å². The lowest BCUT2D eigenvalue weighted by Crippen LogP contribution is -2.32. The second-order valence-electron chi connectivity index (χ2n) is 9.54. The minimum absolute atomic E-state index is 0.518. The van der Waals surface area contributed by atoms with Crippen molar-refractivity contribution >= 4 is 27.9 Å². The molecule has 0 amide bonds. The van der Waals surface area contributed by atoms with Gasteiger partial charge in [0.2, 0.25) is 0 Å². The van der Waals surface area contributed by atoms with Crippen LogP contribution in [0.15, 0.2) is 79.3 Å². The van der Waals surface area contributed by atoms with Gasteiger partial charge < -0.3 is 10.2 Å². The molecule has 1 N–H and O–H groups in total. The average Bonchev–Trinajstić information content (AvgIpc) is 3.26. The average molecular weight is 449 g/mol. The minimum atomic E-state index is 0.518. The fourth-order valence-corrected chi connectivity index (χ4v) is 5.06. The normalized spacial score (nSPS) is 17.9. The molecule has 0 atom stereocenters. The van der Waals surface area contributed by atoms with Gasteiger partial charge in [-0.3, -0.25) is 4.40 Å². The van der Waals surface area contributed by atoms with Crippen molar-refractivity contribution in [2.24, 2.45) is 5.92 Å². The molecule has 2 aromatic carbocycles. The molecule has 1 aliphatic rings. The van der Waals surface area contributed by atoms with Crippen LogP contribution in [0.25, 0.3) is 27.7 Å². The highest BCUT2D eigenvalue weighted by atomic mass is 15.1. The Hall–Kier alpha value is -3.77. The maximum Gasteiger partial charge on any atom is 0.156 e. The number of rotatable bonds is 6. The van der Waals surface area contributed by atoms with Crippen LogP contribution in [-0.2, 0) is 0 Å². The Morgan fingerprint density at radius 2 is 1.82 bits per heavy atom. The van der Waals surface area contributed by atoms with Crippen LogP contribution in [-0.4, -0.2) is 44.9 Å². The van der Waals surface area contributed by atoms with Gasteiger partial charge in [-0.2, -0.15) is 0 Å². The summed E-state index contributed by atoms with van der Waals surface area (Å²) in [6.45, 7) is 1.15. The first-order chi connectivity index (χ1) is 16.6. The molecule has 3 heterocycles. The summed E-state index contributed by atoms with van der Waals surface area (Å²) in [5.74, 6) is 3.23. The van der Waals surface area contributed by atoms with Gasteiger partial charge in [0.25, 0.3) is 0 Å². The highest BCUT2D eigenvalue weighted by Crippen LogP contribution is 2.41. The maximum absolute atomic E-state index is 4.90. The van der Waals surface area contributed by atoms with Crippen LogP contribution < -0.4 is 5.32 Å². The van der Waals surface area contributed by atoms with E-state index in [0.717, 1.165) is 57.5 Å². The van der Waals surface area contributed by atoms with E-state index in [1.807, 2.05) is 36.8 Å². The number of benzene rings is 2. The zero-order chi connectivity index (χ0) is 23.1. The number of anilines is 2. The molecule has 6 heteroatoms. The minimum Gasteiger partial charge on any atom is -0.338 e. The van der Waals surface area contributed by atoms with Crippen molar-refractivity contribution in [2.75, 3.05) is 26.0 Å². The third kappa shape index (κ3) is 3.90. The van der Waals surface area contributed by atoms with Gasteiger partial charge in [-0.15, -0.1) is 0 Å². The van der Waals surface area contributed by atoms with E-state index in [1.54, 1.807) is 0 Å². The lowest BCUT2D eigenvalue weighted by Gasteiger charge is -2.36. The Bertz CT molecular complexity index is 1450. The molecule has 0 unspecified atom stereocenters. The molecule has 5 aromatic rings. The second kappa shape index (κ2) is 8.54. The number of hydrogen-bond acceptors (Lipinski definition) is 5. The van der Waals surface area contributed by atoms with Crippen molar-refractivity contribution in [1.29, 1.82) is 0 Å². The van der Waals surface area contributed by atoms with Crippen LogP contribution in [0.1, 0.15) is 24.6 Å². The molecule has 1 fully saturated rings. The molecular weight excluding hydrogens is 420 g/mol. The summed E-state index contributed by atoms with van der Waals surface area (Å²) in [5.41, 5.74) is 5.00. The molecule has 1 aliphatic carbocycles. The Balaban J connectivity index is 1.27. The summed E-state index contributed by atoms with van der Waals surface area (Å²) < 4.78 is 2.19. The number of hydrogen-bond donors (Lipinski definition) is 1. The first-order valence-electron chi connectivity index (χ1n) is 11.8. The smallest absolute Gasteiger partial charge is 0.156 e. The highest BCUT2D eigenvalue weighted by Gasteiger charge is 2.33. The lowest BCUT2D eigenvalue weighted by atomic mass is 9.74. The van der Waals surface area contributed by atoms with Gasteiger partial charge in [-0.25, -0.2) is 15.0 Å². The van der Waals surface area contributed by atoms with Crippen LogP contribution in [0, 0.1) is 5.92 Å². The number of nitrogens with one attached hydrogen (secondary N) is 1. The van der Waals surface area contributed by atoms with Crippen LogP contribution in [0.2, 0.25) is 0 Å². The van der Waals surface area contributed by atoms with Gasteiger partial charge in [0, 0.05) is 41.5 Å². The van der Waals surface area contributed by atoms with E-state index >= 15 is 0 Å². The molecule has 0 bridgehead atoms. The molecule has 1 saturated carbocycles. The van der Waals surface area contributed by atoms with Gasteiger partial charge in [0.15, 0.2) is 5.82 Å². The van der Waals surface area contributed by atoms with E-state index < -0.39 is 0 Å². The lowest BCUT2D eigenvalue weighted by molar-refractivity contribution is 0.194. The molecule has 0 aliphatic heterocycles. The Morgan fingerprint density at radius 1 is 1.00 bits per heavy atom. The summed E-state index contributed by atoms with van der Waals surface area (Å²) in [6, 6.07) is 20.7. The maximum atomic E-state index is 4.90. The molecule has 0 saturated heterocycles. The number of aromatic nitrogens is 4. The number of pyridine rings is 1. The van der Waals surface area contributed by atoms with Crippen molar-refractivity contribution in [3.05, 3.63) is 85.1 Å². The third-order valence-corrected chi connectivity index (χ3v) is 6.74. The SMILES string of the molecule is CN(C)CC1CC(c2ncc3c(Nc4ccc5ccc(-c6ccccc6)nc5c4)nccn23)C1. The first kappa shape index (κ1) is 20.8. The van der Waals surface area contributed by atoms with Crippen LogP contribution in [0.5, 0.6) is 0 Å². The van der Waals surface area contributed by atoms with Crippen LogP contribution in [0.4, 0.5) is 11.5 Å². The van der Waals surface area contributed by atoms with Crippen LogP contribution >= 0.6 is 0 Å². The number of imidazole rings is 1. The van der Waals surface area contributed by atoms with Crippen molar-refractivity contribution < 1.29 is 0 Å². The van der Waals surface area contributed by atoms with Gasteiger partial charge in [-0.1, -0.05) is 42.5 Å². The molecule has 3 aromatic heterocycles. The largest absolute Gasteiger partial charge is 0.338 e. The Labute approximate surface area is 199 Å². The predicted molar refractivity (Wildman–Crippen MR) is 137 cm³/mol. The molecule has 0 radical (unpaired) electrons. The van der Waals surface area contributed by atoms with E-state index in [4.69, 9.17) is 9.97 Å². The molecule has 170 valence electrons. The zero-order valence-corrected chi connectivity index (χ0v) is 19.5. The van der Waals surface area contributed by atoms with Crippen molar-refractivity contribution in [1.82, 2.24) is 24.3 Å². The highest BCUT2D eigenvalue weighted by molar-refractivity contribution is 5.86. The number of fused-ring (bicyclic) bond motifs is 2. The summed E-state index contributed by atoms with van der Waals surface area (Å²) in [5, 5.41) is 4.61. The molecule has 34 heavy (non-hydrogen) atoms. The Kier molecular flexibility index (Phi) is 5.23. The zero-order valence-electron chi connectivity index (χ0n) is 19.5. The number of nitrogens with zero attached hydrogens (tertiary/aromatic N) is 5. The summed E-state index contributed by atoms with van der Waals surface area (Å²) in [6.07, 6.45) is 8.21. The fourth-order valence-electron chi connectivity index (χ4n) is 5.06. The van der Waals surface area contributed by atoms with Gasteiger partial charge in [-0.05, 0) is 51.1 Å². The van der Waals surface area contributed by atoms with E-state index in [2.05, 4.69) is 76.2 Å². The summed E-state index contributed by atoms with van der Waals surface area (Å²) >= 11 is 0.